The second-order valence-corrected chi connectivity index (χ2v) is 5.34. The molecule has 0 saturated carbocycles. The van der Waals surface area contributed by atoms with Crippen LogP contribution >= 0.6 is 11.3 Å². The van der Waals surface area contributed by atoms with Gasteiger partial charge < -0.3 is 5.11 Å². The summed E-state index contributed by atoms with van der Waals surface area (Å²) in [5.74, 6) is 0.476. The normalized spacial score (nSPS) is 36.2. The molecule has 2 bridgehead atoms. The maximum Gasteiger partial charge on any atom is 0.0925 e. The largest absolute Gasteiger partial charge is 0.387 e. The van der Waals surface area contributed by atoms with E-state index in [-0.39, 0.29) is 6.10 Å². The molecule has 3 heterocycles. The van der Waals surface area contributed by atoms with E-state index in [0.717, 1.165) is 13.1 Å². The Morgan fingerprint density at radius 2 is 2.43 bits per heavy atom. The molecule has 2 aliphatic heterocycles. The van der Waals surface area contributed by atoms with Crippen molar-refractivity contribution >= 4 is 11.3 Å². The number of hydrogen-bond donors (Lipinski definition) is 1. The number of nitrogens with zero attached hydrogens (tertiary/aromatic N) is 1. The number of piperidine rings is 1. The number of fused-ring (bicyclic) bond motifs is 3. The standard InChI is InChI=1S/C11H15NOS/c13-10-8-2-1-4-12(6-8)7-9-3-5-14-11(9)10/h3,5,8,10,13H,1-2,4,6-7H2/t8-,10+/m0/s1. The highest BCUT2D eigenvalue weighted by molar-refractivity contribution is 7.10. The molecule has 3 heteroatoms. The number of hydrogen-bond acceptors (Lipinski definition) is 3. The lowest BCUT2D eigenvalue weighted by atomic mass is 9.93. The lowest BCUT2D eigenvalue weighted by Crippen LogP contribution is -2.34. The lowest BCUT2D eigenvalue weighted by molar-refractivity contribution is 0.0607. The Bertz CT molecular complexity index is 336. The topological polar surface area (TPSA) is 23.5 Å². The van der Waals surface area contributed by atoms with E-state index in [1.54, 1.807) is 11.3 Å². The van der Waals surface area contributed by atoms with Crippen molar-refractivity contribution in [3.63, 3.8) is 0 Å². The van der Waals surface area contributed by atoms with Crippen LogP contribution in [0.15, 0.2) is 11.4 Å². The zero-order valence-electron chi connectivity index (χ0n) is 8.15. The van der Waals surface area contributed by atoms with E-state index in [9.17, 15) is 5.11 Å². The number of rotatable bonds is 0. The van der Waals surface area contributed by atoms with Crippen molar-refractivity contribution in [3.8, 4) is 0 Å². The second kappa shape index (κ2) is 3.33. The molecule has 76 valence electrons. The van der Waals surface area contributed by atoms with Gasteiger partial charge in [-0.1, -0.05) is 0 Å². The van der Waals surface area contributed by atoms with Gasteiger partial charge in [0, 0.05) is 23.9 Å². The molecule has 0 aromatic carbocycles. The molecule has 1 unspecified atom stereocenters. The first-order valence-corrected chi connectivity index (χ1v) is 6.19. The minimum atomic E-state index is -0.199. The smallest absolute Gasteiger partial charge is 0.0925 e. The Balaban J connectivity index is 2.01. The quantitative estimate of drug-likeness (QED) is 0.706. The van der Waals surface area contributed by atoms with Crippen LogP contribution in [0, 0.1) is 5.92 Å². The third-order valence-corrected chi connectivity index (χ3v) is 4.46. The van der Waals surface area contributed by atoms with Gasteiger partial charge in [0.2, 0.25) is 0 Å². The zero-order chi connectivity index (χ0) is 9.54. The van der Waals surface area contributed by atoms with Gasteiger partial charge in [-0.15, -0.1) is 11.3 Å². The van der Waals surface area contributed by atoms with Gasteiger partial charge in [0.15, 0.2) is 0 Å². The molecule has 1 aromatic rings. The maximum atomic E-state index is 10.2. The Labute approximate surface area is 88.2 Å². The fourth-order valence-corrected chi connectivity index (χ4v) is 3.68. The summed E-state index contributed by atoms with van der Waals surface area (Å²) in [5.41, 5.74) is 1.35. The Morgan fingerprint density at radius 1 is 1.50 bits per heavy atom. The summed E-state index contributed by atoms with van der Waals surface area (Å²) < 4.78 is 0. The summed E-state index contributed by atoms with van der Waals surface area (Å²) in [6, 6.07) is 2.17. The molecule has 14 heavy (non-hydrogen) atoms. The van der Waals surface area contributed by atoms with Gasteiger partial charge >= 0.3 is 0 Å². The molecule has 0 radical (unpaired) electrons. The van der Waals surface area contributed by atoms with Crippen molar-refractivity contribution in [2.45, 2.75) is 25.5 Å². The predicted octanol–water partition coefficient (Wildman–Crippen LogP) is 2.01. The van der Waals surface area contributed by atoms with Gasteiger partial charge in [-0.05, 0) is 36.4 Å². The van der Waals surface area contributed by atoms with E-state index in [2.05, 4.69) is 16.3 Å². The molecular formula is C11H15NOS. The van der Waals surface area contributed by atoms with Crippen LogP contribution in [0.3, 0.4) is 0 Å². The van der Waals surface area contributed by atoms with Gasteiger partial charge in [-0.3, -0.25) is 4.90 Å². The minimum absolute atomic E-state index is 0.199. The maximum absolute atomic E-state index is 10.2. The monoisotopic (exact) mass is 209 g/mol. The SMILES string of the molecule is O[C@H]1c2sccc2CN2CCC[C@H]1C2. The van der Waals surface area contributed by atoms with Crippen molar-refractivity contribution in [1.29, 1.82) is 0 Å². The van der Waals surface area contributed by atoms with E-state index < -0.39 is 0 Å². The van der Waals surface area contributed by atoms with E-state index >= 15 is 0 Å². The molecule has 2 nitrogen and oxygen atoms in total. The van der Waals surface area contributed by atoms with Crippen LogP contribution in [0.2, 0.25) is 0 Å². The summed E-state index contributed by atoms with van der Waals surface area (Å²) >= 11 is 1.72. The lowest BCUT2D eigenvalue weighted by Gasteiger charge is -2.31. The van der Waals surface area contributed by atoms with Crippen LogP contribution in [0.25, 0.3) is 0 Å². The molecule has 3 rings (SSSR count). The average Bonchev–Trinajstić information content (AvgIpc) is 2.62. The van der Waals surface area contributed by atoms with Crippen LogP contribution < -0.4 is 0 Å². The van der Waals surface area contributed by atoms with Crippen molar-refractivity contribution in [2.75, 3.05) is 13.1 Å². The molecular weight excluding hydrogens is 194 g/mol. The van der Waals surface area contributed by atoms with E-state index in [0.29, 0.717) is 5.92 Å². The second-order valence-electron chi connectivity index (χ2n) is 4.39. The van der Waals surface area contributed by atoms with Crippen LogP contribution in [-0.2, 0) is 6.54 Å². The third-order valence-electron chi connectivity index (χ3n) is 3.43. The minimum Gasteiger partial charge on any atom is -0.387 e. The molecule has 2 aliphatic rings. The van der Waals surface area contributed by atoms with Crippen LogP contribution in [0.1, 0.15) is 29.4 Å². The molecule has 0 amide bonds. The highest BCUT2D eigenvalue weighted by Gasteiger charge is 2.32. The fraction of sp³-hybridized carbons (Fsp3) is 0.636. The number of thiophene rings is 1. The Kier molecular flexibility index (Phi) is 2.11. The van der Waals surface area contributed by atoms with Crippen molar-refractivity contribution in [1.82, 2.24) is 4.90 Å². The van der Waals surface area contributed by atoms with Gasteiger partial charge in [-0.25, -0.2) is 0 Å². The molecule has 1 fully saturated rings. The van der Waals surface area contributed by atoms with Crippen molar-refractivity contribution < 1.29 is 5.11 Å². The van der Waals surface area contributed by atoms with Crippen LogP contribution in [0.4, 0.5) is 0 Å². The van der Waals surface area contributed by atoms with Crippen LogP contribution in [-0.4, -0.2) is 23.1 Å². The first-order chi connectivity index (χ1) is 6.84. The molecule has 0 aliphatic carbocycles. The summed E-state index contributed by atoms with van der Waals surface area (Å²) in [6.07, 6.45) is 2.24. The highest BCUT2D eigenvalue weighted by Crippen LogP contribution is 2.38. The van der Waals surface area contributed by atoms with Gasteiger partial charge in [0.1, 0.15) is 0 Å². The summed E-state index contributed by atoms with van der Waals surface area (Å²) in [5, 5.41) is 12.3. The molecule has 1 saturated heterocycles. The number of aliphatic hydroxyl groups is 1. The average molecular weight is 209 g/mol. The van der Waals surface area contributed by atoms with E-state index in [4.69, 9.17) is 0 Å². The highest BCUT2D eigenvalue weighted by atomic mass is 32.1. The molecule has 1 aromatic heterocycles. The van der Waals surface area contributed by atoms with Gasteiger partial charge in [0.05, 0.1) is 6.10 Å². The predicted molar refractivity (Wildman–Crippen MR) is 57.3 cm³/mol. The van der Waals surface area contributed by atoms with Crippen molar-refractivity contribution in [2.24, 2.45) is 5.92 Å². The first-order valence-electron chi connectivity index (χ1n) is 5.31. The third kappa shape index (κ3) is 1.31. The first kappa shape index (κ1) is 8.89. The summed E-state index contributed by atoms with van der Waals surface area (Å²) in [7, 11) is 0. The Hall–Kier alpha value is -0.380. The molecule has 3 atom stereocenters. The van der Waals surface area contributed by atoms with E-state index in [1.807, 2.05) is 0 Å². The zero-order valence-corrected chi connectivity index (χ0v) is 8.96. The summed E-state index contributed by atoms with van der Waals surface area (Å²) in [6.45, 7) is 3.34. The van der Waals surface area contributed by atoms with Gasteiger partial charge in [0.25, 0.3) is 0 Å². The van der Waals surface area contributed by atoms with Gasteiger partial charge in [-0.2, -0.15) is 0 Å². The van der Waals surface area contributed by atoms with Crippen molar-refractivity contribution in [3.05, 3.63) is 21.9 Å². The molecule has 0 spiro atoms. The molecule has 1 N–H and O–H groups in total. The Morgan fingerprint density at radius 3 is 3.36 bits per heavy atom. The number of aliphatic hydroxyl groups excluding tert-OH is 1. The van der Waals surface area contributed by atoms with E-state index in [1.165, 1.54) is 29.8 Å². The fourth-order valence-electron chi connectivity index (χ4n) is 2.69. The summed E-state index contributed by atoms with van der Waals surface area (Å²) in [4.78, 5) is 3.70. The van der Waals surface area contributed by atoms with Crippen LogP contribution in [0.5, 0.6) is 0 Å².